The molecule has 1 saturated heterocycles. The van der Waals surface area contributed by atoms with Crippen LogP contribution < -0.4 is 5.32 Å². The molecule has 2 N–H and O–H groups in total. The van der Waals surface area contributed by atoms with Crippen LogP contribution in [0.15, 0.2) is 24.3 Å². The second-order valence-corrected chi connectivity index (χ2v) is 5.09. The number of hydrogen-bond acceptors (Lipinski definition) is 3. The molecule has 2 amide bonds. The lowest BCUT2D eigenvalue weighted by Gasteiger charge is -2.30. The van der Waals surface area contributed by atoms with E-state index < -0.39 is 11.9 Å². The quantitative estimate of drug-likeness (QED) is 0.869. The van der Waals surface area contributed by atoms with Gasteiger partial charge in [0.25, 0.3) is 11.8 Å². The number of nitrogens with zero attached hydrogens (tertiary/aromatic N) is 1. The van der Waals surface area contributed by atoms with E-state index in [1.807, 2.05) is 0 Å². The van der Waals surface area contributed by atoms with Gasteiger partial charge in [-0.1, -0.05) is 6.07 Å². The van der Waals surface area contributed by atoms with E-state index in [-0.39, 0.29) is 18.4 Å². The zero-order chi connectivity index (χ0) is 15.4. The van der Waals surface area contributed by atoms with Gasteiger partial charge >= 0.3 is 5.97 Å². The molecule has 1 atom stereocenters. The summed E-state index contributed by atoms with van der Waals surface area (Å²) in [6.07, 6.45) is 1.27. The number of carboxylic acids is 1. The normalized spacial score (nSPS) is 18.1. The lowest BCUT2D eigenvalue weighted by molar-refractivity contribution is -0.143. The topological polar surface area (TPSA) is 86.7 Å². The monoisotopic (exact) mass is 290 g/mol. The Hall–Kier alpha value is -2.37. The number of hydrogen-bond donors (Lipinski definition) is 2. The number of nitrogens with one attached hydrogen (secondary N) is 1. The molecule has 6 nitrogen and oxygen atoms in total. The standard InChI is InChI=1S/C15H18N2O4/c1-16-13(18)10-4-2-5-11(8-10)14(19)17-7-3-6-12(9-17)15(20)21/h2,4-5,8,12H,3,6-7,9H2,1H3,(H,16,18)(H,20,21). The molecule has 0 spiro atoms. The summed E-state index contributed by atoms with van der Waals surface area (Å²) in [5.74, 6) is -1.87. The van der Waals surface area contributed by atoms with Gasteiger partial charge in [0.2, 0.25) is 0 Å². The molecule has 1 aliphatic rings. The van der Waals surface area contributed by atoms with Gasteiger partial charge in [0.1, 0.15) is 0 Å². The highest BCUT2D eigenvalue weighted by Gasteiger charge is 2.28. The van der Waals surface area contributed by atoms with Crippen LogP contribution in [0.2, 0.25) is 0 Å². The fraction of sp³-hybridized carbons (Fsp3) is 0.400. The van der Waals surface area contributed by atoms with E-state index in [0.29, 0.717) is 30.5 Å². The van der Waals surface area contributed by atoms with Gasteiger partial charge in [-0.2, -0.15) is 0 Å². The van der Waals surface area contributed by atoms with E-state index in [4.69, 9.17) is 5.11 Å². The third-order valence-corrected chi connectivity index (χ3v) is 3.66. The van der Waals surface area contributed by atoms with Crippen LogP contribution in [0.25, 0.3) is 0 Å². The molecule has 1 fully saturated rings. The molecule has 1 unspecified atom stereocenters. The first-order chi connectivity index (χ1) is 10.0. The number of benzene rings is 1. The van der Waals surface area contributed by atoms with Crippen molar-refractivity contribution in [3.63, 3.8) is 0 Å². The van der Waals surface area contributed by atoms with Crippen LogP contribution in [0.1, 0.15) is 33.6 Å². The molecule has 21 heavy (non-hydrogen) atoms. The Labute approximate surface area is 122 Å². The predicted molar refractivity (Wildman–Crippen MR) is 76.1 cm³/mol. The first kappa shape index (κ1) is 15.0. The lowest BCUT2D eigenvalue weighted by atomic mass is 9.97. The van der Waals surface area contributed by atoms with Crippen molar-refractivity contribution in [1.29, 1.82) is 0 Å². The molecule has 1 heterocycles. The average molecular weight is 290 g/mol. The molecule has 112 valence electrons. The van der Waals surface area contributed by atoms with E-state index in [2.05, 4.69) is 5.32 Å². The second-order valence-electron chi connectivity index (χ2n) is 5.09. The molecule has 0 radical (unpaired) electrons. The summed E-state index contributed by atoms with van der Waals surface area (Å²) in [6.45, 7) is 0.769. The minimum atomic E-state index is -0.869. The molecule has 6 heteroatoms. The van der Waals surface area contributed by atoms with Gasteiger partial charge in [-0.3, -0.25) is 14.4 Å². The maximum Gasteiger partial charge on any atom is 0.308 e. The van der Waals surface area contributed by atoms with Crippen LogP contribution in [0.5, 0.6) is 0 Å². The predicted octanol–water partition coefficient (Wildman–Crippen LogP) is 0.983. The van der Waals surface area contributed by atoms with E-state index in [9.17, 15) is 14.4 Å². The number of rotatable bonds is 3. The molecular weight excluding hydrogens is 272 g/mol. The number of likely N-dealkylation sites (tertiary alicyclic amines) is 1. The van der Waals surface area contributed by atoms with Gasteiger partial charge in [0.15, 0.2) is 0 Å². The molecule has 1 aromatic rings. The third kappa shape index (κ3) is 3.39. The number of carbonyl (C=O) groups is 3. The zero-order valence-corrected chi connectivity index (χ0v) is 11.8. The second kappa shape index (κ2) is 6.39. The smallest absolute Gasteiger partial charge is 0.308 e. The Balaban J connectivity index is 2.16. The SMILES string of the molecule is CNC(=O)c1cccc(C(=O)N2CCCC(C(=O)O)C2)c1. The van der Waals surface area contributed by atoms with Gasteiger partial charge in [-0.25, -0.2) is 0 Å². The number of piperidine rings is 1. The van der Waals surface area contributed by atoms with Gasteiger partial charge in [-0.05, 0) is 31.0 Å². The number of amides is 2. The fourth-order valence-electron chi connectivity index (χ4n) is 2.48. The van der Waals surface area contributed by atoms with E-state index >= 15 is 0 Å². The van der Waals surface area contributed by atoms with Crippen LogP contribution in [0.3, 0.4) is 0 Å². The Morgan fingerprint density at radius 3 is 2.67 bits per heavy atom. The third-order valence-electron chi connectivity index (χ3n) is 3.66. The highest BCUT2D eigenvalue weighted by molar-refractivity contribution is 5.99. The Bertz CT molecular complexity index is 571. The number of carboxylic acid groups (broad SMARTS) is 1. The Morgan fingerprint density at radius 2 is 2.00 bits per heavy atom. The maximum atomic E-state index is 12.4. The van der Waals surface area contributed by atoms with Crippen LogP contribution >= 0.6 is 0 Å². The Kier molecular flexibility index (Phi) is 4.57. The van der Waals surface area contributed by atoms with Crippen molar-refractivity contribution in [2.45, 2.75) is 12.8 Å². The summed E-state index contributed by atoms with van der Waals surface area (Å²) in [5, 5.41) is 11.6. The molecule has 0 bridgehead atoms. The van der Waals surface area contributed by atoms with E-state index in [0.717, 1.165) is 0 Å². The summed E-state index contributed by atoms with van der Waals surface area (Å²) < 4.78 is 0. The van der Waals surface area contributed by atoms with Crippen LogP contribution in [0, 0.1) is 5.92 Å². The van der Waals surface area contributed by atoms with Gasteiger partial charge < -0.3 is 15.3 Å². The molecule has 1 aliphatic heterocycles. The van der Waals surface area contributed by atoms with Crippen molar-refractivity contribution >= 4 is 17.8 Å². The van der Waals surface area contributed by atoms with Gasteiger partial charge in [-0.15, -0.1) is 0 Å². The molecule has 0 aromatic heterocycles. The van der Waals surface area contributed by atoms with Crippen LogP contribution in [-0.2, 0) is 4.79 Å². The van der Waals surface area contributed by atoms with E-state index in [1.54, 1.807) is 23.1 Å². The molecule has 1 aromatic carbocycles. The first-order valence-corrected chi connectivity index (χ1v) is 6.87. The van der Waals surface area contributed by atoms with Crippen molar-refractivity contribution in [3.05, 3.63) is 35.4 Å². The van der Waals surface area contributed by atoms with Crippen molar-refractivity contribution in [1.82, 2.24) is 10.2 Å². The number of aliphatic carboxylic acids is 1. The Morgan fingerprint density at radius 1 is 1.29 bits per heavy atom. The first-order valence-electron chi connectivity index (χ1n) is 6.87. The van der Waals surface area contributed by atoms with Crippen molar-refractivity contribution in [2.24, 2.45) is 5.92 Å². The van der Waals surface area contributed by atoms with E-state index in [1.165, 1.54) is 13.1 Å². The molecular formula is C15H18N2O4. The molecule has 0 saturated carbocycles. The highest BCUT2D eigenvalue weighted by Crippen LogP contribution is 2.19. The highest BCUT2D eigenvalue weighted by atomic mass is 16.4. The van der Waals surface area contributed by atoms with Gasteiger partial charge in [0, 0.05) is 31.3 Å². The minimum absolute atomic E-state index is 0.221. The lowest BCUT2D eigenvalue weighted by Crippen LogP contribution is -2.42. The summed E-state index contributed by atoms with van der Waals surface area (Å²) in [4.78, 5) is 36.6. The van der Waals surface area contributed by atoms with Crippen molar-refractivity contribution in [2.75, 3.05) is 20.1 Å². The largest absolute Gasteiger partial charge is 0.481 e. The molecule has 0 aliphatic carbocycles. The average Bonchev–Trinajstić information content (AvgIpc) is 2.53. The summed E-state index contributed by atoms with van der Waals surface area (Å²) in [7, 11) is 1.53. The van der Waals surface area contributed by atoms with Crippen LogP contribution in [0.4, 0.5) is 0 Å². The zero-order valence-electron chi connectivity index (χ0n) is 11.8. The minimum Gasteiger partial charge on any atom is -0.481 e. The summed E-state index contributed by atoms with van der Waals surface area (Å²) in [5.41, 5.74) is 0.817. The maximum absolute atomic E-state index is 12.4. The number of carbonyl (C=O) groups excluding carboxylic acids is 2. The molecule has 2 rings (SSSR count). The van der Waals surface area contributed by atoms with Crippen molar-refractivity contribution < 1.29 is 19.5 Å². The summed E-state index contributed by atoms with van der Waals surface area (Å²) >= 11 is 0. The van der Waals surface area contributed by atoms with Gasteiger partial charge in [0.05, 0.1) is 5.92 Å². The fourth-order valence-corrected chi connectivity index (χ4v) is 2.48. The van der Waals surface area contributed by atoms with Crippen molar-refractivity contribution in [3.8, 4) is 0 Å². The van der Waals surface area contributed by atoms with Crippen LogP contribution in [-0.4, -0.2) is 47.9 Å². The summed E-state index contributed by atoms with van der Waals surface area (Å²) in [6, 6.07) is 6.45.